The molecule has 0 unspecified atom stereocenters. The van der Waals surface area contributed by atoms with Crippen molar-refractivity contribution in [3.63, 3.8) is 0 Å². The summed E-state index contributed by atoms with van der Waals surface area (Å²) < 4.78 is 1.58. The van der Waals surface area contributed by atoms with Gasteiger partial charge in [0.2, 0.25) is 0 Å². The average Bonchev–Trinajstić information content (AvgIpc) is 2.73. The minimum Gasteiger partial charge on any atom is -0.335 e. The molecular weight excluding hydrogens is 310 g/mol. The number of thiazole rings is 1. The summed E-state index contributed by atoms with van der Waals surface area (Å²) in [7, 11) is 0. The largest absolute Gasteiger partial charge is 0.335 e. The summed E-state index contributed by atoms with van der Waals surface area (Å²) >= 11 is 1.48. The smallest absolute Gasteiger partial charge is 0.271 e. The number of rotatable bonds is 2. The predicted molar refractivity (Wildman–Crippen MR) is 92.4 cm³/mol. The first-order valence-corrected chi connectivity index (χ1v) is 9.15. The molecule has 6 heteroatoms. The van der Waals surface area contributed by atoms with Crippen LogP contribution in [-0.2, 0) is 0 Å². The van der Waals surface area contributed by atoms with Crippen molar-refractivity contribution in [1.82, 2.24) is 14.3 Å². The van der Waals surface area contributed by atoms with Gasteiger partial charge in [0.05, 0.1) is 0 Å². The van der Waals surface area contributed by atoms with Crippen molar-refractivity contribution in [2.24, 2.45) is 0 Å². The fraction of sp³-hybridized carbons (Fsp3) is 0.588. The van der Waals surface area contributed by atoms with E-state index in [1.165, 1.54) is 17.5 Å². The Kier molecular flexibility index (Phi) is 4.53. The number of hydrogen-bond acceptors (Lipinski definition) is 4. The molecule has 0 spiro atoms. The van der Waals surface area contributed by atoms with Gasteiger partial charge in [-0.2, -0.15) is 0 Å². The lowest BCUT2D eigenvalue weighted by Gasteiger charge is -2.29. The van der Waals surface area contributed by atoms with Gasteiger partial charge in [0, 0.05) is 29.4 Å². The van der Waals surface area contributed by atoms with E-state index in [-0.39, 0.29) is 23.1 Å². The molecule has 0 bridgehead atoms. The SMILES string of the molecule is CC[C@H]1CCCCCN1C(=O)c1cnc2sc(C)c(C)n2c1=O. The number of amides is 1. The third-order valence-electron chi connectivity index (χ3n) is 4.86. The molecular formula is C17H23N3O2S. The summed E-state index contributed by atoms with van der Waals surface area (Å²) in [6, 6.07) is 0.232. The normalized spacial score (nSPS) is 19.1. The van der Waals surface area contributed by atoms with E-state index in [1.807, 2.05) is 18.7 Å². The summed E-state index contributed by atoms with van der Waals surface area (Å²) in [6.07, 6.45) is 6.73. The minimum atomic E-state index is -0.235. The van der Waals surface area contributed by atoms with Crippen LogP contribution in [0.5, 0.6) is 0 Å². The number of nitrogens with zero attached hydrogens (tertiary/aromatic N) is 3. The summed E-state index contributed by atoms with van der Waals surface area (Å²) in [5.74, 6) is -0.158. The molecule has 1 aliphatic rings. The molecule has 1 atom stereocenters. The molecule has 2 aromatic rings. The molecule has 23 heavy (non-hydrogen) atoms. The molecule has 3 rings (SSSR count). The van der Waals surface area contributed by atoms with Gasteiger partial charge in [0.1, 0.15) is 5.56 Å². The summed E-state index contributed by atoms with van der Waals surface area (Å²) in [6.45, 7) is 6.71. The van der Waals surface area contributed by atoms with E-state index < -0.39 is 0 Å². The number of fused-ring (bicyclic) bond motifs is 1. The molecule has 0 aliphatic carbocycles. The fourth-order valence-electron chi connectivity index (χ4n) is 3.35. The second-order valence-corrected chi connectivity index (χ2v) is 7.43. The van der Waals surface area contributed by atoms with Crippen LogP contribution in [0.1, 0.15) is 60.0 Å². The topological polar surface area (TPSA) is 54.7 Å². The maximum absolute atomic E-state index is 13.0. The van der Waals surface area contributed by atoms with Crippen molar-refractivity contribution in [2.75, 3.05) is 6.54 Å². The van der Waals surface area contributed by atoms with Crippen LogP contribution in [0.2, 0.25) is 0 Å². The maximum atomic E-state index is 13.0. The number of carbonyl (C=O) groups is 1. The number of aryl methyl sites for hydroxylation is 2. The van der Waals surface area contributed by atoms with E-state index in [4.69, 9.17) is 0 Å². The van der Waals surface area contributed by atoms with E-state index in [0.717, 1.165) is 49.2 Å². The molecule has 1 fully saturated rings. The van der Waals surface area contributed by atoms with E-state index in [0.29, 0.717) is 4.96 Å². The first-order valence-electron chi connectivity index (χ1n) is 8.33. The zero-order valence-corrected chi connectivity index (χ0v) is 14.8. The zero-order valence-electron chi connectivity index (χ0n) is 14.0. The quantitative estimate of drug-likeness (QED) is 0.848. The van der Waals surface area contributed by atoms with Crippen molar-refractivity contribution < 1.29 is 4.79 Å². The van der Waals surface area contributed by atoms with E-state index in [1.54, 1.807) is 4.40 Å². The van der Waals surface area contributed by atoms with Crippen LogP contribution in [0, 0.1) is 13.8 Å². The van der Waals surface area contributed by atoms with E-state index in [9.17, 15) is 9.59 Å². The van der Waals surface area contributed by atoms with Crippen molar-refractivity contribution in [2.45, 2.75) is 58.9 Å². The van der Waals surface area contributed by atoms with Crippen LogP contribution in [-0.4, -0.2) is 32.8 Å². The van der Waals surface area contributed by atoms with Gasteiger partial charge in [-0.25, -0.2) is 4.98 Å². The first-order chi connectivity index (χ1) is 11.0. The van der Waals surface area contributed by atoms with Crippen LogP contribution in [0.3, 0.4) is 0 Å². The Morgan fingerprint density at radius 3 is 2.87 bits per heavy atom. The van der Waals surface area contributed by atoms with Gasteiger partial charge < -0.3 is 4.90 Å². The Balaban J connectivity index is 2.05. The monoisotopic (exact) mass is 333 g/mol. The fourth-order valence-corrected chi connectivity index (χ4v) is 4.28. The molecule has 0 N–H and O–H groups in total. The maximum Gasteiger partial charge on any atom is 0.271 e. The van der Waals surface area contributed by atoms with Gasteiger partial charge in [-0.05, 0) is 33.1 Å². The van der Waals surface area contributed by atoms with E-state index in [2.05, 4.69) is 11.9 Å². The molecule has 0 aromatic carbocycles. The van der Waals surface area contributed by atoms with Crippen molar-refractivity contribution in [3.8, 4) is 0 Å². The van der Waals surface area contributed by atoms with Crippen LogP contribution in [0.4, 0.5) is 0 Å². The van der Waals surface area contributed by atoms with Crippen molar-refractivity contribution >= 4 is 22.2 Å². The lowest BCUT2D eigenvalue weighted by Crippen LogP contribution is -2.42. The molecule has 5 nitrogen and oxygen atoms in total. The third kappa shape index (κ3) is 2.80. The zero-order chi connectivity index (χ0) is 16.6. The second kappa shape index (κ2) is 6.43. The van der Waals surface area contributed by atoms with Gasteiger partial charge >= 0.3 is 0 Å². The Morgan fingerprint density at radius 1 is 1.35 bits per heavy atom. The highest BCUT2D eigenvalue weighted by Gasteiger charge is 2.27. The molecule has 2 aromatic heterocycles. The predicted octanol–water partition coefficient (Wildman–Crippen LogP) is 3.17. The van der Waals surface area contributed by atoms with Crippen molar-refractivity contribution in [1.29, 1.82) is 0 Å². The van der Waals surface area contributed by atoms with Gasteiger partial charge in [-0.1, -0.05) is 19.8 Å². The standard InChI is InChI=1S/C17H23N3O2S/c1-4-13-8-6-5-7-9-19(13)15(21)14-10-18-17-20(16(14)22)11(2)12(3)23-17/h10,13H,4-9H2,1-3H3/t13-/m0/s1. The van der Waals surface area contributed by atoms with Crippen LogP contribution in [0.25, 0.3) is 4.96 Å². The highest BCUT2D eigenvalue weighted by molar-refractivity contribution is 7.17. The van der Waals surface area contributed by atoms with Gasteiger partial charge in [-0.15, -0.1) is 11.3 Å². The summed E-state index contributed by atoms with van der Waals surface area (Å²) in [5.41, 5.74) is 0.838. The van der Waals surface area contributed by atoms with Gasteiger partial charge in [0.15, 0.2) is 4.96 Å². The highest BCUT2D eigenvalue weighted by atomic mass is 32.1. The Morgan fingerprint density at radius 2 is 2.13 bits per heavy atom. The van der Waals surface area contributed by atoms with Crippen LogP contribution >= 0.6 is 11.3 Å². The summed E-state index contributed by atoms with van der Waals surface area (Å²) in [4.78, 5) is 33.7. The van der Waals surface area contributed by atoms with Crippen LogP contribution in [0.15, 0.2) is 11.0 Å². The highest BCUT2D eigenvalue weighted by Crippen LogP contribution is 2.22. The lowest BCUT2D eigenvalue weighted by molar-refractivity contribution is 0.0675. The average molecular weight is 333 g/mol. The van der Waals surface area contributed by atoms with E-state index >= 15 is 0 Å². The van der Waals surface area contributed by atoms with Crippen molar-refractivity contribution in [3.05, 3.63) is 32.7 Å². The number of likely N-dealkylation sites (tertiary alicyclic amines) is 1. The molecule has 1 saturated heterocycles. The Hall–Kier alpha value is -1.69. The molecule has 3 heterocycles. The van der Waals surface area contributed by atoms with Gasteiger partial charge in [-0.3, -0.25) is 14.0 Å². The number of hydrogen-bond donors (Lipinski definition) is 0. The third-order valence-corrected chi connectivity index (χ3v) is 5.93. The Labute approximate surface area is 140 Å². The molecule has 1 aliphatic heterocycles. The molecule has 0 radical (unpaired) electrons. The Bertz CT molecular complexity index is 793. The number of aromatic nitrogens is 2. The minimum absolute atomic E-state index is 0.158. The first kappa shape index (κ1) is 16.2. The number of carbonyl (C=O) groups excluding carboxylic acids is 1. The van der Waals surface area contributed by atoms with Crippen LogP contribution < -0.4 is 5.56 Å². The summed E-state index contributed by atoms with van der Waals surface area (Å²) in [5, 5.41) is 0. The van der Waals surface area contributed by atoms with Gasteiger partial charge in [0.25, 0.3) is 11.5 Å². The second-order valence-electron chi connectivity index (χ2n) is 6.25. The lowest BCUT2D eigenvalue weighted by atomic mass is 10.1. The molecule has 1 amide bonds. The molecule has 0 saturated carbocycles. The molecule has 124 valence electrons.